The molecule has 1 unspecified atom stereocenters. The molecule has 0 aliphatic heterocycles. The van der Waals surface area contributed by atoms with Crippen molar-refractivity contribution in [3.05, 3.63) is 88.7 Å². The zero-order valence-corrected chi connectivity index (χ0v) is 14.3. The van der Waals surface area contributed by atoms with Crippen LogP contribution in [0.25, 0.3) is 0 Å². The summed E-state index contributed by atoms with van der Waals surface area (Å²) in [6.45, 7) is 3.80. The van der Waals surface area contributed by atoms with Crippen LogP contribution in [-0.4, -0.2) is 19.9 Å². The van der Waals surface area contributed by atoms with Gasteiger partial charge in [-0.3, -0.25) is 10.1 Å². The smallest absolute Gasteiger partial charge is 0.258 e. The summed E-state index contributed by atoms with van der Waals surface area (Å²) in [7, 11) is -3.72. The number of hydrogen-bond donors (Lipinski definition) is 1. The number of sulfonamides is 1. The summed E-state index contributed by atoms with van der Waals surface area (Å²) < 4.78 is 27.1. The van der Waals surface area contributed by atoms with Crippen molar-refractivity contribution in [3.63, 3.8) is 0 Å². The van der Waals surface area contributed by atoms with Crippen molar-refractivity contribution in [3.8, 4) is 0 Å². The molecule has 0 saturated heterocycles. The highest BCUT2D eigenvalue weighted by atomic mass is 32.2. The number of nitrogens with zero attached hydrogens (tertiary/aromatic N) is 1. The Morgan fingerprint density at radius 2 is 1.80 bits per heavy atom. The molecule has 2 rings (SSSR count). The van der Waals surface area contributed by atoms with Gasteiger partial charge in [0.15, 0.2) is 0 Å². The second-order valence-electron chi connectivity index (χ2n) is 5.33. The highest BCUT2D eigenvalue weighted by Gasteiger charge is 2.16. The normalized spacial score (nSPS) is 12.2. The van der Waals surface area contributed by atoms with Gasteiger partial charge in [-0.25, -0.2) is 13.1 Å². The van der Waals surface area contributed by atoms with Gasteiger partial charge < -0.3 is 0 Å². The molecule has 2 aromatic carbocycles. The molecule has 2 aromatic rings. The van der Waals surface area contributed by atoms with Crippen LogP contribution in [0, 0.1) is 10.1 Å². The number of nitro benzene ring substituents is 1. The third-order valence-electron chi connectivity index (χ3n) is 3.65. The predicted octanol–water partition coefficient (Wildman–Crippen LogP) is 3.39. The van der Waals surface area contributed by atoms with E-state index in [4.69, 9.17) is 0 Å². The summed E-state index contributed by atoms with van der Waals surface area (Å²) >= 11 is 0. The molecule has 0 aliphatic rings. The first-order valence-corrected chi connectivity index (χ1v) is 9.07. The number of benzene rings is 2. The maximum atomic E-state index is 12.3. The van der Waals surface area contributed by atoms with Gasteiger partial charge in [-0.15, -0.1) is 5.73 Å². The van der Waals surface area contributed by atoms with Crippen LogP contribution in [0.5, 0.6) is 0 Å². The van der Waals surface area contributed by atoms with Gasteiger partial charge in [0.25, 0.3) is 5.69 Å². The molecule has 0 bridgehead atoms. The van der Waals surface area contributed by atoms with Crippen molar-refractivity contribution in [2.45, 2.75) is 17.2 Å². The molecule has 0 fully saturated rings. The van der Waals surface area contributed by atoms with Crippen LogP contribution in [-0.2, 0) is 10.0 Å². The first kappa shape index (κ1) is 18.6. The summed E-state index contributed by atoms with van der Waals surface area (Å²) in [4.78, 5) is 10.1. The Hall–Kier alpha value is -2.73. The lowest BCUT2D eigenvalue weighted by Crippen LogP contribution is -2.25. The second-order valence-corrected chi connectivity index (χ2v) is 7.09. The Bertz CT molecular complexity index is 871. The fourth-order valence-electron chi connectivity index (χ4n) is 2.37. The van der Waals surface area contributed by atoms with Crippen LogP contribution < -0.4 is 4.72 Å². The van der Waals surface area contributed by atoms with Crippen molar-refractivity contribution in [1.82, 2.24) is 4.72 Å². The number of rotatable bonds is 8. The molecular formula is C18H18N2O4S. The molecule has 1 atom stereocenters. The minimum Gasteiger partial charge on any atom is -0.258 e. The van der Waals surface area contributed by atoms with Crippen LogP contribution in [0.4, 0.5) is 5.69 Å². The molecule has 130 valence electrons. The quantitative estimate of drug-likeness (QED) is 0.445. The van der Waals surface area contributed by atoms with Crippen molar-refractivity contribution < 1.29 is 13.3 Å². The van der Waals surface area contributed by atoms with Gasteiger partial charge in [0, 0.05) is 24.6 Å². The Labute approximate surface area is 146 Å². The topological polar surface area (TPSA) is 89.3 Å². The fourth-order valence-corrected chi connectivity index (χ4v) is 3.42. The van der Waals surface area contributed by atoms with Gasteiger partial charge in [0.1, 0.15) is 0 Å². The number of hydrogen-bond acceptors (Lipinski definition) is 4. The first-order valence-electron chi connectivity index (χ1n) is 7.59. The molecule has 0 saturated carbocycles. The standard InChI is InChI=1S/C18H18N2O4S/c1-2-6-15(16-7-4-3-5-8-16)13-14-19-25(23,24)18-11-9-17(10-12-18)20(21)22/h3-12,15,19H,1,13-14H2. The van der Waals surface area contributed by atoms with Crippen molar-refractivity contribution in [2.24, 2.45) is 0 Å². The lowest BCUT2D eigenvalue weighted by Gasteiger charge is -2.13. The number of nitrogens with one attached hydrogen (secondary N) is 1. The van der Waals surface area contributed by atoms with E-state index in [-0.39, 0.29) is 23.0 Å². The third-order valence-corrected chi connectivity index (χ3v) is 5.13. The minimum absolute atomic E-state index is 0.00161. The molecule has 6 nitrogen and oxygen atoms in total. The van der Waals surface area contributed by atoms with E-state index in [9.17, 15) is 18.5 Å². The summed E-state index contributed by atoms with van der Waals surface area (Å²) in [6, 6.07) is 14.4. The maximum absolute atomic E-state index is 12.3. The number of nitro groups is 1. The van der Waals surface area contributed by atoms with Crippen molar-refractivity contribution in [1.29, 1.82) is 0 Å². The highest BCUT2D eigenvalue weighted by Crippen LogP contribution is 2.21. The molecule has 0 amide bonds. The second kappa shape index (κ2) is 8.39. The van der Waals surface area contributed by atoms with E-state index in [0.717, 1.165) is 5.56 Å². The van der Waals surface area contributed by atoms with Gasteiger partial charge in [-0.2, -0.15) is 0 Å². The zero-order valence-electron chi connectivity index (χ0n) is 13.5. The van der Waals surface area contributed by atoms with Crippen LogP contribution in [0.1, 0.15) is 17.9 Å². The van der Waals surface area contributed by atoms with Gasteiger partial charge in [-0.05, 0) is 30.2 Å². The van der Waals surface area contributed by atoms with Crippen LogP contribution >= 0.6 is 0 Å². The average molecular weight is 358 g/mol. The van der Waals surface area contributed by atoms with Crippen molar-refractivity contribution >= 4 is 15.7 Å². The molecular weight excluding hydrogens is 340 g/mol. The van der Waals surface area contributed by atoms with E-state index < -0.39 is 14.9 Å². The summed E-state index contributed by atoms with van der Waals surface area (Å²) in [5.74, 6) is -0.00161. The average Bonchev–Trinajstić information content (AvgIpc) is 2.61. The third kappa shape index (κ3) is 5.12. The van der Waals surface area contributed by atoms with Crippen LogP contribution in [0.3, 0.4) is 0 Å². The monoisotopic (exact) mass is 358 g/mol. The number of allylic oxidation sites excluding steroid dienone is 1. The Balaban J connectivity index is 2.03. The highest BCUT2D eigenvalue weighted by molar-refractivity contribution is 7.89. The molecule has 0 radical (unpaired) electrons. The van der Waals surface area contributed by atoms with Crippen LogP contribution in [0.15, 0.2) is 77.9 Å². The molecule has 1 N–H and O–H groups in total. The predicted molar refractivity (Wildman–Crippen MR) is 95.8 cm³/mol. The molecule has 7 heteroatoms. The Morgan fingerprint density at radius 3 is 2.36 bits per heavy atom. The van der Waals surface area contributed by atoms with E-state index in [2.05, 4.69) is 17.0 Å². The van der Waals surface area contributed by atoms with E-state index in [1.165, 1.54) is 24.3 Å². The molecule has 0 heterocycles. The van der Waals surface area contributed by atoms with E-state index >= 15 is 0 Å². The minimum atomic E-state index is -3.72. The molecule has 0 spiro atoms. The largest absolute Gasteiger partial charge is 0.269 e. The van der Waals surface area contributed by atoms with E-state index in [1.807, 2.05) is 30.3 Å². The van der Waals surface area contributed by atoms with E-state index in [1.54, 1.807) is 6.08 Å². The van der Waals surface area contributed by atoms with Gasteiger partial charge in [0.2, 0.25) is 10.0 Å². The zero-order chi connectivity index (χ0) is 18.3. The first-order chi connectivity index (χ1) is 11.9. The van der Waals surface area contributed by atoms with Crippen LogP contribution in [0.2, 0.25) is 0 Å². The Kier molecular flexibility index (Phi) is 6.25. The van der Waals surface area contributed by atoms with Gasteiger partial charge >= 0.3 is 0 Å². The fraction of sp³-hybridized carbons (Fsp3) is 0.167. The summed E-state index contributed by atoms with van der Waals surface area (Å²) in [5.41, 5.74) is 3.64. The molecule has 0 aromatic heterocycles. The maximum Gasteiger partial charge on any atom is 0.269 e. The van der Waals surface area contributed by atoms with Crippen molar-refractivity contribution in [2.75, 3.05) is 6.54 Å². The van der Waals surface area contributed by atoms with Gasteiger partial charge in [-0.1, -0.05) is 36.9 Å². The Morgan fingerprint density at radius 1 is 1.16 bits per heavy atom. The van der Waals surface area contributed by atoms with Gasteiger partial charge in [0.05, 0.1) is 9.82 Å². The number of non-ortho nitro benzene ring substituents is 1. The lowest BCUT2D eigenvalue weighted by atomic mass is 9.96. The SMILES string of the molecule is C=C=CC(CCNS(=O)(=O)c1ccc([N+](=O)[O-])cc1)c1ccccc1. The summed E-state index contributed by atoms with van der Waals surface area (Å²) in [5, 5.41) is 10.6. The molecule has 0 aliphatic carbocycles. The van der Waals surface area contributed by atoms with E-state index in [0.29, 0.717) is 6.42 Å². The summed E-state index contributed by atoms with van der Waals surface area (Å²) in [6.07, 6.45) is 2.34. The lowest BCUT2D eigenvalue weighted by molar-refractivity contribution is -0.384. The molecule has 25 heavy (non-hydrogen) atoms.